The van der Waals surface area contributed by atoms with Crippen molar-refractivity contribution in [2.24, 2.45) is 7.05 Å². The molecule has 1 atom stereocenters. The van der Waals surface area contributed by atoms with E-state index in [1.807, 2.05) is 18.2 Å². The minimum atomic E-state index is -0.258. The molecule has 3 rings (SSSR count). The Kier molecular flexibility index (Phi) is 4.33. The van der Waals surface area contributed by atoms with Gasteiger partial charge in [-0.2, -0.15) is 10.5 Å². The van der Waals surface area contributed by atoms with Crippen molar-refractivity contribution in [3.63, 3.8) is 0 Å². The van der Waals surface area contributed by atoms with Crippen molar-refractivity contribution < 1.29 is 9.53 Å². The van der Waals surface area contributed by atoms with Crippen LogP contribution < -0.4 is 0 Å². The molecule has 6 nitrogen and oxygen atoms in total. The monoisotopic (exact) mass is 320 g/mol. The summed E-state index contributed by atoms with van der Waals surface area (Å²) in [4.78, 5) is 14.5. The smallest absolute Gasteiger partial charge is 0.270 e. The molecule has 0 radical (unpaired) electrons. The molecule has 1 aromatic heterocycles. The van der Waals surface area contributed by atoms with Crippen molar-refractivity contribution in [3.8, 4) is 12.1 Å². The van der Waals surface area contributed by atoms with Gasteiger partial charge in [0.25, 0.3) is 5.91 Å². The predicted octanol–water partition coefficient (Wildman–Crippen LogP) is 1.98. The van der Waals surface area contributed by atoms with Crippen LogP contribution in [0.25, 0.3) is 0 Å². The van der Waals surface area contributed by atoms with E-state index in [9.17, 15) is 4.79 Å². The number of nitriles is 2. The Hall–Kier alpha value is -3.09. The number of carbonyl (C=O) groups excluding carboxylic acids is 1. The third-order valence-corrected chi connectivity index (χ3v) is 4.09. The molecule has 2 heterocycles. The number of hydrogen-bond donors (Lipinski definition) is 0. The molecule has 1 saturated heterocycles. The number of aryl methyl sites for hydroxylation is 1. The third kappa shape index (κ3) is 3.01. The van der Waals surface area contributed by atoms with E-state index in [4.69, 9.17) is 15.3 Å². The van der Waals surface area contributed by atoms with E-state index in [1.165, 1.54) is 0 Å². The minimum Gasteiger partial charge on any atom is -0.370 e. The summed E-state index contributed by atoms with van der Waals surface area (Å²) in [7, 11) is 1.75. The fourth-order valence-electron chi connectivity index (χ4n) is 2.84. The maximum Gasteiger partial charge on any atom is 0.270 e. The van der Waals surface area contributed by atoms with E-state index in [-0.39, 0.29) is 12.0 Å². The van der Waals surface area contributed by atoms with Crippen molar-refractivity contribution in [1.82, 2.24) is 9.47 Å². The van der Waals surface area contributed by atoms with Gasteiger partial charge in [0.1, 0.15) is 17.9 Å². The summed E-state index contributed by atoms with van der Waals surface area (Å²) in [6.07, 6.45) is 1.38. The molecule has 6 heteroatoms. The molecule has 24 heavy (non-hydrogen) atoms. The van der Waals surface area contributed by atoms with Crippen LogP contribution in [0.1, 0.15) is 33.3 Å². The highest BCUT2D eigenvalue weighted by Crippen LogP contribution is 2.24. The molecule has 0 bridgehead atoms. The Balaban J connectivity index is 1.80. The van der Waals surface area contributed by atoms with Crippen molar-refractivity contribution in [2.75, 3.05) is 19.7 Å². The van der Waals surface area contributed by atoms with Gasteiger partial charge in [-0.15, -0.1) is 0 Å². The summed E-state index contributed by atoms with van der Waals surface area (Å²) in [6, 6.07) is 13.0. The lowest BCUT2D eigenvalue weighted by atomic mass is 10.0. The van der Waals surface area contributed by atoms with Gasteiger partial charge in [-0.05, 0) is 23.8 Å². The second-order valence-corrected chi connectivity index (χ2v) is 5.68. The van der Waals surface area contributed by atoms with Gasteiger partial charge < -0.3 is 14.2 Å². The van der Waals surface area contributed by atoms with Crippen LogP contribution in [-0.2, 0) is 11.8 Å². The van der Waals surface area contributed by atoms with Gasteiger partial charge >= 0.3 is 0 Å². The number of nitrogens with zero attached hydrogens (tertiary/aromatic N) is 4. The number of morpholine rings is 1. The molecule has 0 N–H and O–H groups in total. The van der Waals surface area contributed by atoms with Crippen molar-refractivity contribution >= 4 is 5.91 Å². The summed E-state index contributed by atoms with van der Waals surface area (Å²) >= 11 is 0. The SMILES string of the molecule is Cn1cc(C#N)cc1C(=O)N1CCOC(c2cccc(C#N)c2)C1. The van der Waals surface area contributed by atoms with Crippen LogP contribution >= 0.6 is 0 Å². The quantitative estimate of drug-likeness (QED) is 0.847. The standard InChI is InChI=1S/C18H16N4O2/c1-21-11-14(10-20)8-16(21)18(23)22-5-6-24-17(12-22)15-4-2-3-13(7-15)9-19/h2-4,7-8,11,17H,5-6,12H2,1H3. The first kappa shape index (κ1) is 15.8. The van der Waals surface area contributed by atoms with Crippen molar-refractivity contribution in [2.45, 2.75) is 6.10 Å². The second-order valence-electron chi connectivity index (χ2n) is 5.68. The average molecular weight is 320 g/mol. The number of aromatic nitrogens is 1. The van der Waals surface area contributed by atoms with Crippen LogP contribution in [-0.4, -0.2) is 35.1 Å². The highest BCUT2D eigenvalue weighted by atomic mass is 16.5. The van der Waals surface area contributed by atoms with Gasteiger partial charge in [-0.3, -0.25) is 4.79 Å². The minimum absolute atomic E-state index is 0.122. The molecule has 1 aliphatic rings. The first-order valence-electron chi connectivity index (χ1n) is 7.60. The molecule has 1 fully saturated rings. The van der Waals surface area contributed by atoms with Gasteiger partial charge in [0.15, 0.2) is 0 Å². The number of ether oxygens (including phenoxy) is 1. The van der Waals surface area contributed by atoms with E-state index in [2.05, 4.69) is 6.07 Å². The van der Waals surface area contributed by atoms with Crippen molar-refractivity contribution in [1.29, 1.82) is 10.5 Å². The van der Waals surface area contributed by atoms with E-state index >= 15 is 0 Å². The van der Waals surface area contributed by atoms with Gasteiger partial charge in [-0.25, -0.2) is 0 Å². The van der Waals surface area contributed by atoms with Crippen LogP contribution in [0.2, 0.25) is 0 Å². The maximum absolute atomic E-state index is 12.7. The summed E-state index contributed by atoms with van der Waals surface area (Å²) in [5.41, 5.74) is 2.40. The van der Waals surface area contributed by atoms with Gasteiger partial charge in [-0.1, -0.05) is 12.1 Å². The molecule has 0 saturated carbocycles. The third-order valence-electron chi connectivity index (χ3n) is 4.09. The van der Waals surface area contributed by atoms with Gasteiger partial charge in [0.2, 0.25) is 0 Å². The maximum atomic E-state index is 12.7. The number of benzene rings is 1. The summed E-state index contributed by atoms with van der Waals surface area (Å²) in [5, 5.41) is 18.0. The lowest BCUT2D eigenvalue weighted by Crippen LogP contribution is -2.42. The Morgan fingerprint density at radius 3 is 2.75 bits per heavy atom. The van der Waals surface area contributed by atoms with Crippen molar-refractivity contribution in [3.05, 3.63) is 58.9 Å². The number of rotatable bonds is 2. The van der Waals surface area contributed by atoms with E-state index in [1.54, 1.807) is 40.9 Å². The fraction of sp³-hybridized carbons (Fsp3) is 0.278. The van der Waals surface area contributed by atoms with Gasteiger partial charge in [0.05, 0.1) is 30.3 Å². The number of hydrogen-bond acceptors (Lipinski definition) is 4. The molecule has 2 aromatic rings. The lowest BCUT2D eigenvalue weighted by Gasteiger charge is -2.33. The number of amides is 1. The Bertz CT molecular complexity index is 857. The first-order valence-corrected chi connectivity index (χ1v) is 7.60. The Morgan fingerprint density at radius 1 is 1.25 bits per heavy atom. The van der Waals surface area contributed by atoms with E-state index in [0.29, 0.717) is 36.5 Å². The molecule has 1 amide bonds. The molecule has 0 aliphatic carbocycles. The van der Waals surface area contributed by atoms with Crippen LogP contribution in [0.5, 0.6) is 0 Å². The normalized spacial score (nSPS) is 17.1. The van der Waals surface area contributed by atoms with Crippen LogP contribution in [0.15, 0.2) is 36.5 Å². The Labute approximate surface area is 140 Å². The second kappa shape index (κ2) is 6.57. The molecular weight excluding hydrogens is 304 g/mol. The summed E-state index contributed by atoms with van der Waals surface area (Å²) < 4.78 is 7.44. The highest BCUT2D eigenvalue weighted by Gasteiger charge is 2.27. The Morgan fingerprint density at radius 2 is 2.04 bits per heavy atom. The van der Waals surface area contributed by atoms with Crippen LogP contribution in [0.3, 0.4) is 0 Å². The largest absolute Gasteiger partial charge is 0.370 e. The molecular formula is C18H16N4O2. The summed E-state index contributed by atoms with van der Waals surface area (Å²) in [5.74, 6) is -0.122. The molecule has 1 aliphatic heterocycles. The average Bonchev–Trinajstić information content (AvgIpc) is 3.02. The predicted molar refractivity (Wildman–Crippen MR) is 85.9 cm³/mol. The molecule has 1 aromatic carbocycles. The van der Waals surface area contributed by atoms with E-state index in [0.717, 1.165) is 5.56 Å². The summed E-state index contributed by atoms with van der Waals surface area (Å²) in [6.45, 7) is 1.35. The fourth-order valence-corrected chi connectivity index (χ4v) is 2.84. The number of carbonyl (C=O) groups is 1. The zero-order chi connectivity index (χ0) is 17.1. The highest BCUT2D eigenvalue weighted by molar-refractivity contribution is 5.93. The first-order chi connectivity index (χ1) is 11.6. The topological polar surface area (TPSA) is 82.1 Å². The zero-order valence-corrected chi connectivity index (χ0v) is 13.3. The molecule has 120 valence electrons. The van der Waals surface area contributed by atoms with E-state index < -0.39 is 0 Å². The lowest BCUT2D eigenvalue weighted by molar-refractivity contribution is -0.0231. The molecule has 1 unspecified atom stereocenters. The molecule has 0 spiro atoms. The van der Waals surface area contributed by atoms with Crippen LogP contribution in [0.4, 0.5) is 0 Å². The zero-order valence-electron chi connectivity index (χ0n) is 13.3. The van der Waals surface area contributed by atoms with Crippen LogP contribution in [0, 0.1) is 22.7 Å². The van der Waals surface area contributed by atoms with Gasteiger partial charge in [0, 0.05) is 19.8 Å².